The number of sulfonamides is 1. The summed E-state index contributed by atoms with van der Waals surface area (Å²) in [6.45, 7) is 0.277. The highest BCUT2D eigenvalue weighted by Crippen LogP contribution is 2.15. The minimum Gasteiger partial charge on any atom is -0.399 e. The lowest BCUT2D eigenvalue weighted by atomic mass is 10.2. The van der Waals surface area contributed by atoms with Gasteiger partial charge in [-0.05, 0) is 17.7 Å². The quantitative estimate of drug-likeness (QED) is 0.841. The first-order valence-corrected chi connectivity index (χ1v) is 7.12. The van der Waals surface area contributed by atoms with Gasteiger partial charge in [0.05, 0.1) is 6.33 Å². The van der Waals surface area contributed by atoms with Crippen LogP contribution in [0.4, 0.5) is 5.69 Å². The van der Waals surface area contributed by atoms with Gasteiger partial charge in [-0.2, -0.15) is 4.31 Å². The van der Waals surface area contributed by atoms with E-state index < -0.39 is 10.0 Å². The van der Waals surface area contributed by atoms with E-state index in [4.69, 9.17) is 5.73 Å². The van der Waals surface area contributed by atoms with E-state index in [1.54, 1.807) is 35.9 Å². The smallest absolute Gasteiger partial charge is 0.262 e. The van der Waals surface area contributed by atoms with Crippen molar-refractivity contribution in [2.75, 3.05) is 12.8 Å². The summed E-state index contributed by atoms with van der Waals surface area (Å²) in [7, 11) is -0.300. The van der Waals surface area contributed by atoms with Crippen LogP contribution in [-0.2, 0) is 23.6 Å². The van der Waals surface area contributed by atoms with Crippen molar-refractivity contribution in [3.63, 3.8) is 0 Å². The number of nitrogens with zero attached hydrogens (tertiary/aromatic N) is 3. The van der Waals surface area contributed by atoms with Crippen LogP contribution in [0.3, 0.4) is 0 Å². The molecular formula is C12H16N4O2S. The van der Waals surface area contributed by atoms with Crippen LogP contribution in [0.1, 0.15) is 5.56 Å². The summed E-state index contributed by atoms with van der Waals surface area (Å²) in [6, 6.07) is 7.10. The molecule has 0 spiro atoms. The van der Waals surface area contributed by atoms with E-state index in [1.165, 1.54) is 23.9 Å². The molecule has 19 heavy (non-hydrogen) atoms. The molecule has 0 amide bonds. The Morgan fingerprint density at radius 1 is 1.32 bits per heavy atom. The monoisotopic (exact) mass is 280 g/mol. The maximum Gasteiger partial charge on any atom is 0.262 e. The Morgan fingerprint density at radius 3 is 2.47 bits per heavy atom. The van der Waals surface area contributed by atoms with Gasteiger partial charge in [-0.15, -0.1) is 0 Å². The molecule has 0 saturated heterocycles. The first-order chi connectivity index (χ1) is 8.89. The summed E-state index contributed by atoms with van der Waals surface area (Å²) in [5, 5.41) is 0.0490. The Morgan fingerprint density at radius 2 is 1.95 bits per heavy atom. The zero-order chi connectivity index (χ0) is 14.0. The maximum absolute atomic E-state index is 12.2. The van der Waals surface area contributed by atoms with Crippen molar-refractivity contribution in [1.82, 2.24) is 13.9 Å². The Labute approximate surface area is 112 Å². The minimum atomic E-state index is -3.56. The van der Waals surface area contributed by atoms with Gasteiger partial charge in [0.1, 0.15) is 0 Å². The lowest BCUT2D eigenvalue weighted by molar-refractivity contribution is 0.464. The van der Waals surface area contributed by atoms with Gasteiger partial charge in [-0.3, -0.25) is 0 Å². The van der Waals surface area contributed by atoms with E-state index in [0.717, 1.165) is 5.56 Å². The molecule has 0 radical (unpaired) electrons. The molecule has 0 unspecified atom stereocenters. The Bertz CT molecular complexity index is 661. The Kier molecular flexibility index (Phi) is 3.59. The van der Waals surface area contributed by atoms with Crippen LogP contribution in [0.15, 0.2) is 41.8 Å². The van der Waals surface area contributed by atoms with Gasteiger partial charge in [0.25, 0.3) is 10.0 Å². The normalized spacial score (nSPS) is 11.9. The van der Waals surface area contributed by atoms with Crippen LogP contribution in [0.2, 0.25) is 0 Å². The molecule has 0 bridgehead atoms. The molecule has 0 fully saturated rings. The molecule has 0 aliphatic heterocycles. The summed E-state index contributed by atoms with van der Waals surface area (Å²) >= 11 is 0. The number of aromatic nitrogens is 2. The van der Waals surface area contributed by atoms with Crippen molar-refractivity contribution in [2.24, 2.45) is 7.05 Å². The second kappa shape index (κ2) is 5.02. The van der Waals surface area contributed by atoms with Gasteiger partial charge >= 0.3 is 0 Å². The SMILES string of the molecule is CN(Cc1ccc(N)cc1)S(=O)(=O)c1cn(C)cn1. The van der Waals surface area contributed by atoms with E-state index in [-0.39, 0.29) is 11.6 Å². The minimum absolute atomic E-state index is 0.0490. The fraction of sp³-hybridized carbons (Fsp3) is 0.250. The number of hydrogen-bond acceptors (Lipinski definition) is 4. The standard InChI is InChI=1S/C12H16N4O2S/c1-15-8-12(14-9-15)19(17,18)16(2)7-10-3-5-11(13)6-4-10/h3-6,8-9H,7,13H2,1-2H3. The van der Waals surface area contributed by atoms with Gasteiger partial charge in [0.2, 0.25) is 0 Å². The van der Waals surface area contributed by atoms with Crippen LogP contribution in [0, 0.1) is 0 Å². The van der Waals surface area contributed by atoms with E-state index in [1.807, 2.05) is 0 Å². The average molecular weight is 280 g/mol. The van der Waals surface area contributed by atoms with Gasteiger partial charge in [0, 0.05) is 32.5 Å². The number of anilines is 1. The van der Waals surface area contributed by atoms with Crippen LogP contribution >= 0.6 is 0 Å². The molecule has 2 N–H and O–H groups in total. The molecule has 2 aromatic rings. The van der Waals surface area contributed by atoms with Crippen molar-refractivity contribution < 1.29 is 8.42 Å². The van der Waals surface area contributed by atoms with Crippen molar-refractivity contribution in [1.29, 1.82) is 0 Å². The average Bonchev–Trinajstić information content (AvgIpc) is 2.79. The summed E-state index contributed by atoms with van der Waals surface area (Å²) in [4.78, 5) is 3.88. The molecular weight excluding hydrogens is 264 g/mol. The van der Waals surface area contributed by atoms with Crippen molar-refractivity contribution >= 4 is 15.7 Å². The Hall–Kier alpha value is -1.86. The van der Waals surface area contributed by atoms with E-state index in [9.17, 15) is 8.42 Å². The van der Waals surface area contributed by atoms with Crippen molar-refractivity contribution in [3.05, 3.63) is 42.4 Å². The number of benzene rings is 1. The van der Waals surface area contributed by atoms with E-state index >= 15 is 0 Å². The topological polar surface area (TPSA) is 81.2 Å². The summed E-state index contributed by atoms with van der Waals surface area (Å²) in [6.07, 6.45) is 2.94. The molecule has 6 nitrogen and oxygen atoms in total. The van der Waals surface area contributed by atoms with Gasteiger partial charge < -0.3 is 10.3 Å². The van der Waals surface area contributed by atoms with Crippen LogP contribution in [0.25, 0.3) is 0 Å². The molecule has 1 aromatic heterocycles. The molecule has 0 aliphatic carbocycles. The van der Waals surface area contributed by atoms with E-state index in [2.05, 4.69) is 4.98 Å². The molecule has 0 saturated carbocycles. The number of rotatable bonds is 4. The fourth-order valence-electron chi connectivity index (χ4n) is 1.65. The second-order valence-electron chi connectivity index (χ2n) is 4.38. The second-order valence-corrected chi connectivity index (χ2v) is 6.37. The van der Waals surface area contributed by atoms with E-state index in [0.29, 0.717) is 5.69 Å². The largest absolute Gasteiger partial charge is 0.399 e. The predicted octanol–water partition coefficient (Wildman–Crippen LogP) is 0.823. The summed E-state index contributed by atoms with van der Waals surface area (Å²) in [5.41, 5.74) is 7.12. The number of aryl methyl sites for hydroxylation is 1. The molecule has 1 heterocycles. The molecule has 1 aromatic carbocycles. The zero-order valence-electron chi connectivity index (χ0n) is 10.8. The highest BCUT2D eigenvalue weighted by Gasteiger charge is 2.23. The summed E-state index contributed by atoms with van der Waals surface area (Å²) in [5.74, 6) is 0. The van der Waals surface area contributed by atoms with Crippen LogP contribution < -0.4 is 5.73 Å². The molecule has 0 atom stereocenters. The highest BCUT2D eigenvalue weighted by atomic mass is 32.2. The molecule has 7 heteroatoms. The van der Waals surface area contributed by atoms with Gasteiger partial charge in [0.15, 0.2) is 5.03 Å². The van der Waals surface area contributed by atoms with Crippen molar-refractivity contribution in [3.8, 4) is 0 Å². The number of imidazole rings is 1. The lowest BCUT2D eigenvalue weighted by Gasteiger charge is -2.15. The number of hydrogen-bond donors (Lipinski definition) is 1. The zero-order valence-corrected chi connectivity index (χ0v) is 11.6. The third kappa shape index (κ3) is 2.94. The fourth-order valence-corrected chi connectivity index (χ4v) is 2.77. The highest BCUT2D eigenvalue weighted by molar-refractivity contribution is 7.89. The number of nitrogens with two attached hydrogens (primary N) is 1. The molecule has 2 rings (SSSR count). The first kappa shape index (κ1) is 13.6. The number of nitrogen functional groups attached to an aromatic ring is 1. The third-order valence-corrected chi connectivity index (χ3v) is 4.43. The van der Waals surface area contributed by atoms with Crippen molar-refractivity contribution in [2.45, 2.75) is 11.6 Å². The third-order valence-electron chi connectivity index (χ3n) is 2.74. The maximum atomic E-state index is 12.2. The van der Waals surface area contributed by atoms with Gasteiger partial charge in [-0.25, -0.2) is 13.4 Å². The lowest BCUT2D eigenvalue weighted by Crippen LogP contribution is -2.26. The first-order valence-electron chi connectivity index (χ1n) is 5.68. The van der Waals surface area contributed by atoms with Gasteiger partial charge in [-0.1, -0.05) is 12.1 Å². The van der Waals surface area contributed by atoms with Crippen LogP contribution in [-0.4, -0.2) is 29.3 Å². The summed E-state index contributed by atoms with van der Waals surface area (Å²) < 4.78 is 27.4. The molecule has 0 aliphatic rings. The predicted molar refractivity (Wildman–Crippen MR) is 72.7 cm³/mol. The molecule has 102 valence electrons. The van der Waals surface area contributed by atoms with Crippen LogP contribution in [0.5, 0.6) is 0 Å². The Balaban J connectivity index is 2.19.